The number of furan rings is 1. The van der Waals surface area contributed by atoms with Gasteiger partial charge in [-0.1, -0.05) is 12.1 Å². The van der Waals surface area contributed by atoms with Gasteiger partial charge in [-0.3, -0.25) is 14.6 Å². The number of nitrogens with two attached hydrogens (primary N) is 1. The molecule has 0 spiro atoms. The van der Waals surface area contributed by atoms with Crippen molar-refractivity contribution in [2.75, 3.05) is 18.8 Å². The summed E-state index contributed by atoms with van der Waals surface area (Å²) in [6, 6.07) is 18.3. The number of piperidine rings is 1. The summed E-state index contributed by atoms with van der Waals surface area (Å²) in [6.45, 7) is 0.101. The van der Waals surface area contributed by atoms with Crippen LogP contribution in [0.5, 0.6) is 0 Å². The van der Waals surface area contributed by atoms with Crippen LogP contribution >= 0.6 is 0 Å². The first kappa shape index (κ1) is 29.6. The van der Waals surface area contributed by atoms with E-state index in [1.165, 1.54) is 29.3 Å². The Morgan fingerprint density at radius 3 is 2.42 bits per heavy atom. The topological polar surface area (TPSA) is 114 Å². The largest absolute Gasteiger partial charge is 0.459 e. The Hall–Kier alpha value is -5.45. The van der Waals surface area contributed by atoms with E-state index in [4.69, 9.17) is 10.2 Å². The van der Waals surface area contributed by atoms with Crippen LogP contribution in [0.4, 0.5) is 19.0 Å². The fraction of sp³-hybridized carbons (Fsp3) is 0.176. The molecule has 3 N–H and O–H groups in total. The van der Waals surface area contributed by atoms with Crippen LogP contribution in [0.25, 0.3) is 39.4 Å². The van der Waals surface area contributed by atoms with Crippen molar-refractivity contribution in [1.82, 2.24) is 20.2 Å². The number of nitrogens with one attached hydrogen (secondary N) is 1. The van der Waals surface area contributed by atoms with Crippen LogP contribution in [0.2, 0.25) is 0 Å². The second kappa shape index (κ2) is 12.3. The molecule has 0 unspecified atom stereocenters. The van der Waals surface area contributed by atoms with Gasteiger partial charge in [-0.25, -0.2) is 18.2 Å². The number of benzene rings is 2. The van der Waals surface area contributed by atoms with Gasteiger partial charge in [0.15, 0.2) is 0 Å². The summed E-state index contributed by atoms with van der Waals surface area (Å²) in [4.78, 5) is 35.3. The van der Waals surface area contributed by atoms with E-state index in [2.05, 4.69) is 15.3 Å². The number of aromatic nitrogens is 2. The van der Waals surface area contributed by atoms with Crippen LogP contribution < -0.4 is 11.1 Å². The number of likely N-dealkylation sites (tertiary alicyclic amines) is 1. The van der Waals surface area contributed by atoms with E-state index in [0.717, 1.165) is 16.5 Å². The molecule has 0 radical (unpaired) electrons. The van der Waals surface area contributed by atoms with Gasteiger partial charge in [0.2, 0.25) is 5.91 Å². The lowest BCUT2D eigenvalue weighted by molar-refractivity contribution is -0.116. The summed E-state index contributed by atoms with van der Waals surface area (Å²) in [5.74, 6) is -2.90. The normalized spacial score (nSPS) is 14.6. The molecule has 3 aromatic heterocycles. The smallest absolute Gasteiger partial charge is 0.255 e. The average molecular weight is 612 g/mol. The number of hydrogen-bond donors (Lipinski definition) is 2. The number of pyridine rings is 2. The number of rotatable bonds is 7. The molecule has 45 heavy (non-hydrogen) atoms. The van der Waals surface area contributed by atoms with Gasteiger partial charge >= 0.3 is 0 Å². The first-order chi connectivity index (χ1) is 21.6. The minimum absolute atomic E-state index is 0.00902. The number of amides is 2. The molecule has 4 heterocycles. The molecule has 11 heteroatoms. The van der Waals surface area contributed by atoms with Crippen molar-refractivity contribution < 1.29 is 27.2 Å². The van der Waals surface area contributed by atoms with Crippen molar-refractivity contribution in [2.45, 2.75) is 25.3 Å². The number of carbonyl (C=O) groups is 2. The van der Waals surface area contributed by atoms with Crippen molar-refractivity contribution in [3.05, 3.63) is 108 Å². The second-order valence-corrected chi connectivity index (χ2v) is 10.8. The van der Waals surface area contributed by atoms with Gasteiger partial charge in [-0.2, -0.15) is 0 Å². The molecule has 228 valence electrons. The third kappa shape index (κ3) is 6.87. The molecule has 1 aliphatic heterocycles. The van der Waals surface area contributed by atoms with E-state index < -0.39 is 5.92 Å². The van der Waals surface area contributed by atoms with Crippen molar-refractivity contribution in [3.63, 3.8) is 0 Å². The molecule has 0 atom stereocenters. The lowest BCUT2D eigenvalue weighted by atomic mass is 9.98. The minimum atomic E-state index is -2.74. The maximum Gasteiger partial charge on any atom is 0.255 e. The molecule has 2 amide bonds. The highest BCUT2D eigenvalue weighted by Crippen LogP contribution is 2.36. The van der Waals surface area contributed by atoms with Crippen LogP contribution in [0.15, 0.2) is 89.6 Å². The predicted octanol–water partition coefficient (Wildman–Crippen LogP) is 6.48. The summed E-state index contributed by atoms with van der Waals surface area (Å²) >= 11 is 0. The Morgan fingerprint density at radius 1 is 0.956 bits per heavy atom. The minimum Gasteiger partial charge on any atom is -0.459 e. The number of halogens is 3. The van der Waals surface area contributed by atoms with Gasteiger partial charge in [0.25, 0.3) is 11.8 Å². The highest BCUT2D eigenvalue weighted by Gasteiger charge is 2.35. The summed E-state index contributed by atoms with van der Waals surface area (Å²) in [7, 11) is 0. The molecule has 8 nitrogen and oxygen atoms in total. The Labute approximate surface area is 256 Å². The van der Waals surface area contributed by atoms with Crippen LogP contribution in [-0.2, 0) is 11.3 Å². The molecule has 0 saturated carbocycles. The van der Waals surface area contributed by atoms with Crippen LogP contribution in [0.3, 0.4) is 0 Å². The van der Waals surface area contributed by atoms with Gasteiger partial charge in [0.05, 0.1) is 17.8 Å². The maximum absolute atomic E-state index is 13.7. The lowest BCUT2D eigenvalue weighted by Gasteiger charge is -2.31. The Morgan fingerprint density at radius 2 is 1.73 bits per heavy atom. The van der Waals surface area contributed by atoms with Crippen LogP contribution in [-0.4, -0.2) is 45.7 Å². The van der Waals surface area contributed by atoms with Crippen LogP contribution in [0, 0.1) is 5.82 Å². The van der Waals surface area contributed by atoms with Crippen molar-refractivity contribution in [3.8, 4) is 22.4 Å². The molecule has 1 aliphatic rings. The van der Waals surface area contributed by atoms with Crippen molar-refractivity contribution in [2.24, 2.45) is 0 Å². The van der Waals surface area contributed by atoms with Crippen LogP contribution in [0.1, 0.15) is 34.5 Å². The molecule has 1 fully saturated rings. The quantitative estimate of drug-likeness (QED) is 0.204. The molecule has 0 bridgehead atoms. The summed E-state index contributed by atoms with van der Waals surface area (Å²) in [6.07, 6.45) is 5.30. The standard InChI is InChI=1S/C34H28F3N5O3/c35-26-6-3-22(4-7-26)28-17-24(29-8-5-23(19-39-29)33(44)42-13-11-34(36,37)12-14-42)15-25-16-27(45-32(25)28)20-41-31(43)10-2-21-1-9-30(38)40-18-21/h1-10,15-19H,11-14,20H2,(H2,38,40)(H,41,43). The number of alkyl halides is 2. The van der Waals surface area contributed by atoms with Gasteiger partial charge in [0, 0.05) is 60.9 Å². The zero-order valence-electron chi connectivity index (χ0n) is 24.0. The van der Waals surface area contributed by atoms with Gasteiger partial charge in [-0.15, -0.1) is 0 Å². The number of carbonyl (C=O) groups excluding carboxylic acids is 2. The number of fused-ring (bicyclic) bond motifs is 1. The summed E-state index contributed by atoms with van der Waals surface area (Å²) in [5.41, 5.74) is 9.86. The average Bonchev–Trinajstić information content (AvgIpc) is 3.46. The second-order valence-electron chi connectivity index (χ2n) is 10.8. The zero-order chi connectivity index (χ0) is 31.6. The Kier molecular flexibility index (Phi) is 8.08. The van der Waals surface area contributed by atoms with Gasteiger partial charge in [-0.05, 0) is 71.8 Å². The molecule has 0 aliphatic carbocycles. The lowest BCUT2D eigenvalue weighted by Crippen LogP contribution is -2.42. The molecule has 2 aromatic carbocycles. The SMILES string of the molecule is Nc1ccc(C=CC(=O)NCc2cc3cc(-c4ccc(C(=O)N5CCC(F)(F)CC5)cn4)cc(-c4ccc(F)cc4)c3o2)cn1. The first-order valence-corrected chi connectivity index (χ1v) is 14.3. The Bertz CT molecular complexity index is 1880. The van der Waals surface area contributed by atoms with E-state index in [1.54, 1.807) is 48.7 Å². The summed E-state index contributed by atoms with van der Waals surface area (Å²) < 4.78 is 47.0. The van der Waals surface area contributed by atoms with Crippen molar-refractivity contribution in [1.29, 1.82) is 0 Å². The molecule has 6 rings (SSSR count). The molecular weight excluding hydrogens is 583 g/mol. The third-order valence-electron chi connectivity index (χ3n) is 7.58. The number of nitrogens with zero attached hydrogens (tertiary/aromatic N) is 3. The first-order valence-electron chi connectivity index (χ1n) is 14.3. The van der Waals surface area contributed by atoms with E-state index in [9.17, 15) is 22.8 Å². The highest BCUT2D eigenvalue weighted by atomic mass is 19.3. The molecular formula is C34H28F3N5O3. The fourth-order valence-electron chi connectivity index (χ4n) is 5.12. The van der Waals surface area contributed by atoms with Gasteiger partial charge in [0.1, 0.15) is 23.0 Å². The molecule has 1 saturated heterocycles. The van der Waals surface area contributed by atoms with Crippen molar-refractivity contribution >= 4 is 34.7 Å². The monoisotopic (exact) mass is 611 g/mol. The number of hydrogen-bond acceptors (Lipinski definition) is 6. The van der Waals surface area contributed by atoms with Gasteiger partial charge < -0.3 is 20.4 Å². The maximum atomic E-state index is 13.7. The van der Waals surface area contributed by atoms with E-state index in [1.807, 2.05) is 18.2 Å². The third-order valence-corrected chi connectivity index (χ3v) is 7.58. The zero-order valence-corrected chi connectivity index (χ0v) is 24.0. The molecule has 5 aromatic rings. The summed E-state index contributed by atoms with van der Waals surface area (Å²) in [5, 5.41) is 3.53. The van der Waals surface area contributed by atoms with E-state index >= 15 is 0 Å². The van der Waals surface area contributed by atoms with E-state index in [-0.39, 0.29) is 50.1 Å². The Balaban J connectivity index is 1.24. The fourth-order valence-corrected chi connectivity index (χ4v) is 5.12. The highest BCUT2D eigenvalue weighted by molar-refractivity contribution is 5.97. The predicted molar refractivity (Wildman–Crippen MR) is 164 cm³/mol. The van der Waals surface area contributed by atoms with E-state index in [0.29, 0.717) is 39.5 Å². The number of nitrogen functional groups attached to an aromatic ring is 1. The number of anilines is 1.